The number of hydrogen-bond acceptors (Lipinski definition) is 3. The van der Waals surface area contributed by atoms with E-state index in [0.29, 0.717) is 13.0 Å². The molecule has 4 heteroatoms. The fraction of sp³-hybridized carbons (Fsp3) is 0.350. The molecule has 0 aliphatic rings. The van der Waals surface area contributed by atoms with Crippen molar-refractivity contribution < 1.29 is 9.53 Å². The van der Waals surface area contributed by atoms with E-state index in [1.165, 1.54) is 11.1 Å². The third kappa shape index (κ3) is 5.70. The van der Waals surface area contributed by atoms with E-state index in [-0.39, 0.29) is 5.91 Å². The molecule has 1 amide bonds. The minimum atomic E-state index is -0.0422. The Kier molecular flexibility index (Phi) is 6.82. The van der Waals surface area contributed by atoms with Crippen LogP contribution in [0.15, 0.2) is 42.5 Å². The summed E-state index contributed by atoms with van der Waals surface area (Å²) in [7, 11) is 0. The maximum absolute atomic E-state index is 12.0. The third-order valence-corrected chi connectivity index (χ3v) is 3.87. The van der Waals surface area contributed by atoms with Crippen LogP contribution in [0, 0.1) is 13.8 Å². The largest absolute Gasteiger partial charge is 0.493 e. The predicted molar refractivity (Wildman–Crippen MR) is 98.5 cm³/mol. The number of aryl methyl sites for hydroxylation is 2. The van der Waals surface area contributed by atoms with Crippen molar-refractivity contribution in [3.8, 4) is 5.75 Å². The molecule has 0 saturated carbocycles. The van der Waals surface area contributed by atoms with Gasteiger partial charge in [-0.25, -0.2) is 0 Å². The molecule has 0 aliphatic carbocycles. The molecule has 2 aromatic carbocycles. The van der Waals surface area contributed by atoms with Gasteiger partial charge in [0.15, 0.2) is 0 Å². The first kappa shape index (κ1) is 18.0. The first-order chi connectivity index (χ1) is 11.6. The normalized spacial score (nSPS) is 10.5. The molecule has 0 unspecified atom stereocenters. The van der Waals surface area contributed by atoms with E-state index in [1.807, 2.05) is 42.5 Å². The maximum atomic E-state index is 12.0. The second-order valence-electron chi connectivity index (χ2n) is 5.87. The van der Waals surface area contributed by atoms with Gasteiger partial charge in [0.2, 0.25) is 5.91 Å². The summed E-state index contributed by atoms with van der Waals surface area (Å²) in [6, 6.07) is 13.8. The van der Waals surface area contributed by atoms with Crippen LogP contribution in [0.25, 0.3) is 0 Å². The number of carbonyl (C=O) groups excluding carboxylic acids is 1. The molecule has 2 rings (SSSR count). The van der Waals surface area contributed by atoms with Crippen LogP contribution in [0.3, 0.4) is 0 Å². The highest BCUT2D eigenvalue weighted by molar-refractivity contribution is 5.90. The highest BCUT2D eigenvalue weighted by Crippen LogP contribution is 2.16. The second kappa shape index (κ2) is 9.08. The van der Waals surface area contributed by atoms with E-state index in [0.717, 1.165) is 30.1 Å². The van der Waals surface area contributed by atoms with Crippen LogP contribution in [-0.2, 0) is 11.3 Å². The summed E-state index contributed by atoms with van der Waals surface area (Å²) in [6.07, 6.45) is 0.324. The van der Waals surface area contributed by atoms with Gasteiger partial charge in [0.05, 0.1) is 13.0 Å². The zero-order chi connectivity index (χ0) is 17.4. The monoisotopic (exact) mass is 326 g/mol. The van der Waals surface area contributed by atoms with Crippen LogP contribution in [0.1, 0.15) is 30.0 Å². The first-order valence-electron chi connectivity index (χ1n) is 8.38. The van der Waals surface area contributed by atoms with Gasteiger partial charge in [0, 0.05) is 12.2 Å². The zero-order valence-electron chi connectivity index (χ0n) is 14.7. The summed E-state index contributed by atoms with van der Waals surface area (Å²) in [6.45, 7) is 8.28. The van der Waals surface area contributed by atoms with E-state index in [2.05, 4.69) is 31.4 Å². The molecule has 0 bridgehead atoms. The minimum absolute atomic E-state index is 0.0422. The van der Waals surface area contributed by atoms with Gasteiger partial charge in [-0.05, 0) is 61.3 Å². The molecule has 4 nitrogen and oxygen atoms in total. The van der Waals surface area contributed by atoms with Gasteiger partial charge in [0.1, 0.15) is 5.75 Å². The van der Waals surface area contributed by atoms with E-state index >= 15 is 0 Å². The molecule has 0 fully saturated rings. The zero-order valence-corrected chi connectivity index (χ0v) is 14.7. The summed E-state index contributed by atoms with van der Waals surface area (Å²) >= 11 is 0. The van der Waals surface area contributed by atoms with Crippen molar-refractivity contribution in [2.24, 2.45) is 0 Å². The predicted octanol–water partition coefficient (Wildman–Crippen LogP) is 3.82. The molecular formula is C20H26N2O2. The van der Waals surface area contributed by atoms with Crippen LogP contribution in [0.4, 0.5) is 5.69 Å². The molecule has 0 radical (unpaired) electrons. The number of hydrogen-bond donors (Lipinski definition) is 2. The van der Waals surface area contributed by atoms with Crippen molar-refractivity contribution >= 4 is 11.6 Å². The smallest absolute Gasteiger partial charge is 0.227 e. The van der Waals surface area contributed by atoms with Crippen molar-refractivity contribution in [2.45, 2.75) is 33.7 Å². The Morgan fingerprint density at radius 1 is 1.08 bits per heavy atom. The molecule has 0 atom stereocenters. The standard InChI is InChI=1S/C20H26N2O2/c1-4-21-14-17-6-5-7-18(13-17)22-20(23)10-11-24-19-9-8-15(2)16(3)12-19/h5-9,12-13,21H,4,10-11,14H2,1-3H3,(H,22,23). The average Bonchev–Trinajstić information content (AvgIpc) is 2.56. The Morgan fingerprint density at radius 2 is 1.92 bits per heavy atom. The van der Waals surface area contributed by atoms with Gasteiger partial charge >= 0.3 is 0 Å². The summed E-state index contributed by atoms with van der Waals surface area (Å²) in [5.41, 5.74) is 4.40. The highest BCUT2D eigenvalue weighted by atomic mass is 16.5. The number of ether oxygens (including phenoxy) is 1. The summed E-state index contributed by atoms with van der Waals surface area (Å²) in [5.74, 6) is 0.762. The van der Waals surface area contributed by atoms with E-state index in [1.54, 1.807) is 0 Å². The van der Waals surface area contributed by atoms with Crippen molar-refractivity contribution in [2.75, 3.05) is 18.5 Å². The molecule has 128 valence electrons. The molecule has 0 aromatic heterocycles. The molecule has 0 spiro atoms. The molecule has 0 aliphatic heterocycles. The average molecular weight is 326 g/mol. The lowest BCUT2D eigenvalue weighted by molar-refractivity contribution is -0.116. The SMILES string of the molecule is CCNCc1cccc(NC(=O)CCOc2ccc(C)c(C)c2)c1. The summed E-state index contributed by atoms with van der Waals surface area (Å²) in [4.78, 5) is 12.0. The Bertz CT molecular complexity index is 683. The van der Waals surface area contributed by atoms with Crippen LogP contribution in [-0.4, -0.2) is 19.1 Å². The lowest BCUT2D eigenvalue weighted by Crippen LogP contribution is -2.16. The van der Waals surface area contributed by atoms with Gasteiger partial charge in [0.25, 0.3) is 0 Å². The summed E-state index contributed by atoms with van der Waals surface area (Å²) in [5, 5.41) is 6.19. The van der Waals surface area contributed by atoms with Crippen molar-refractivity contribution in [3.05, 3.63) is 59.2 Å². The van der Waals surface area contributed by atoms with Crippen LogP contribution >= 0.6 is 0 Å². The number of anilines is 1. The number of benzene rings is 2. The minimum Gasteiger partial charge on any atom is -0.493 e. The number of carbonyl (C=O) groups is 1. The van der Waals surface area contributed by atoms with Crippen LogP contribution < -0.4 is 15.4 Å². The van der Waals surface area contributed by atoms with Gasteiger partial charge in [-0.2, -0.15) is 0 Å². The van der Waals surface area contributed by atoms with Crippen LogP contribution in [0.5, 0.6) is 5.75 Å². The number of rotatable bonds is 8. The van der Waals surface area contributed by atoms with Crippen molar-refractivity contribution in [1.82, 2.24) is 5.32 Å². The lowest BCUT2D eigenvalue weighted by Gasteiger charge is -2.10. The van der Waals surface area contributed by atoms with Gasteiger partial charge < -0.3 is 15.4 Å². The van der Waals surface area contributed by atoms with Gasteiger partial charge in [-0.3, -0.25) is 4.79 Å². The summed E-state index contributed by atoms with van der Waals surface area (Å²) < 4.78 is 5.66. The van der Waals surface area contributed by atoms with Crippen molar-refractivity contribution in [3.63, 3.8) is 0 Å². The fourth-order valence-electron chi connectivity index (χ4n) is 2.32. The first-order valence-corrected chi connectivity index (χ1v) is 8.38. The molecule has 2 N–H and O–H groups in total. The fourth-order valence-corrected chi connectivity index (χ4v) is 2.32. The Balaban J connectivity index is 1.79. The molecule has 0 heterocycles. The molecule has 24 heavy (non-hydrogen) atoms. The molecule has 2 aromatic rings. The van der Waals surface area contributed by atoms with E-state index in [4.69, 9.17) is 4.74 Å². The Labute approximate surface area is 144 Å². The van der Waals surface area contributed by atoms with Crippen LogP contribution in [0.2, 0.25) is 0 Å². The second-order valence-corrected chi connectivity index (χ2v) is 5.87. The number of amides is 1. The Morgan fingerprint density at radius 3 is 2.67 bits per heavy atom. The third-order valence-electron chi connectivity index (χ3n) is 3.87. The van der Waals surface area contributed by atoms with Gasteiger partial charge in [-0.1, -0.05) is 25.1 Å². The topological polar surface area (TPSA) is 50.4 Å². The molecule has 0 saturated heterocycles. The number of nitrogens with one attached hydrogen (secondary N) is 2. The van der Waals surface area contributed by atoms with E-state index < -0.39 is 0 Å². The maximum Gasteiger partial charge on any atom is 0.227 e. The molecular weight excluding hydrogens is 300 g/mol. The van der Waals surface area contributed by atoms with Gasteiger partial charge in [-0.15, -0.1) is 0 Å². The lowest BCUT2D eigenvalue weighted by atomic mass is 10.1. The Hall–Kier alpha value is -2.33. The highest BCUT2D eigenvalue weighted by Gasteiger charge is 2.04. The van der Waals surface area contributed by atoms with Crippen molar-refractivity contribution in [1.29, 1.82) is 0 Å². The van der Waals surface area contributed by atoms with E-state index in [9.17, 15) is 4.79 Å². The quantitative estimate of drug-likeness (QED) is 0.775.